The van der Waals surface area contributed by atoms with E-state index in [1.165, 1.54) is 12.1 Å². The number of anilines is 1. The molecule has 7 nitrogen and oxygen atoms in total. The minimum atomic E-state index is -0.575. The topological polar surface area (TPSA) is 109 Å². The molecule has 0 bridgehead atoms. The maximum absolute atomic E-state index is 12.4. The fourth-order valence-corrected chi connectivity index (χ4v) is 3.00. The van der Waals surface area contributed by atoms with Gasteiger partial charge in [-0.2, -0.15) is 5.26 Å². The predicted molar refractivity (Wildman–Crippen MR) is 112 cm³/mol. The lowest BCUT2D eigenvalue weighted by Gasteiger charge is -2.04. The molecule has 0 spiro atoms. The first-order valence-electron chi connectivity index (χ1n) is 8.41. The second-order valence-corrected chi connectivity index (χ2v) is 7.01. The number of nitrogens with zero attached hydrogens (tertiary/aromatic N) is 2. The van der Waals surface area contributed by atoms with Gasteiger partial charge in [0.25, 0.3) is 11.6 Å². The van der Waals surface area contributed by atoms with Gasteiger partial charge >= 0.3 is 0 Å². The average molecular weight is 452 g/mol. The zero-order valence-electron chi connectivity index (χ0n) is 15.2. The Hall–Kier alpha value is -3.70. The average Bonchev–Trinajstić information content (AvgIpc) is 3.14. The molecule has 8 heteroatoms. The molecule has 3 aromatic rings. The predicted octanol–water partition coefficient (Wildman–Crippen LogP) is 5.47. The van der Waals surface area contributed by atoms with Crippen LogP contribution in [-0.4, -0.2) is 10.8 Å². The number of furan rings is 1. The van der Waals surface area contributed by atoms with Crippen LogP contribution in [0.5, 0.6) is 0 Å². The summed E-state index contributed by atoms with van der Waals surface area (Å²) in [5, 5.41) is 23.1. The summed E-state index contributed by atoms with van der Waals surface area (Å²) in [7, 11) is 0. The summed E-state index contributed by atoms with van der Waals surface area (Å²) in [4.78, 5) is 23.0. The number of amides is 1. The van der Waals surface area contributed by atoms with Crippen molar-refractivity contribution < 1.29 is 14.1 Å². The molecule has 3 rings (SSSR count). The van der Waals surface area contributed by atoms with E-state index in [9.17, 15) is 20.2 Å². The van der Waals surface area contributed by atoms with E-state index < -0.39 is 10.8 Å². The molecule has 0 aliphatic heterocycles. The normalized spacial score (nSPS) is 11.0. The third-order valence-corrected chi connectivity index (χ3v) is 4.54. The fraction of sp³-hybridized carbons (Fsp3) is 0.0476. The molecule has 144 valence electrons. The Bertz CT molecular complexity index is 1170. The van der Waals surface area contributed by atoms with E-state index in [-0.39, 0.29) is 17.0 Å². The number of nitriles is 1. The molecule has 0 saturated heterocycles. The quantitative estimate of drug-likeness (QED) is 0.239. The monoisotopic (exact) mass is 451 g/mol. The van der Waals surface area contributed by atoms with Crippen molar-refractivity contribution in [3.05, 3.63) is 86.1 Å². The highest BCUT2D eigenvalue weighted by molar-refractivity contribution is 9.10. The molecule has 2 aromatic carbocycles. The lowest BCUT2D eigenvalue weighted by Crippen LogP contribution is -2.13. The maximum atomic E-state index is 12.4. The van der Waals surface area contributed by atoms with E-state index in [4.69, 9.17) is 4.42 Å². The molecule has 0 aliphatic rings. The van der Waals surface area contributed by atoms with Gasteiger partial charge in [0.2, 0.25) is 0 Å². The Kier molecular flexibility index (Phi) is 5.90. The van der Waals surface area contributed by atoms with Crippen LogP contribution in [0, 0.1) is 28.4 Å². The van der Waals surface area contributed by atoms with Crippen LogP contribution in [0.15, 0.2) is 69.1 Å². The smallest absolute Gasteiger partial charge is 0.273 e. The zero-order chi connectivity index (χ0) is 21.0. The van der Waals surface area contributed by atoms with Gasteiger partial charge in [0, 0.05) is 33.4 Å². The lowest BCUT2D eigenvalue weighted by atomic mass is 10.1. The number of benzene rings is 2. The van der Waals surface area contributed by atoms with Crippen molar-refractivity contribution in [2.75, 3.05) is 5.32 Å². The van der Waals surface area contributed by atoms with Crippen LogP contribution < -0.4 is 5.32 Å². The molecule has 1 aromatic heterocycles. The summed E-state index contributed by atoms with van der Waals surface area (Å²) in [5.41, 5.74) is 1.46. The second kappa shape index (κ2) is 8.54. The lowest BCUT2D eigenvalue weighted by molar-refractivity contribution is -0.385. The first kappa shape index (κ1) is 20.0. The van der Waals surface area contributed by atoms with E-state index >= 15 is 0 Å². The number of carbonyl (C=O) groups excluding carboxylic acids is 1. The molecule has 0 saturated carbocycles. The van der Waals surface area contributed by atoms with Crippen molar-refractivity contribution >= 4 is 39.3 Å². The molecule has 1 N–H and O–H groups in total. The van der Waals surface area contributed by atoms with Gasteiger partial charge in [0.1, 0.15) is 23.2 Å². The largest absolute Gasteiger partial charge is 0.457 e. The van der Waals surface area contributed by atoms with Gasteiger partial charge in [0.15, 0.2) is 0 Å². The number of carbonyl (C=O) groups is 1. The van der Waals surface area contributed by atoms with E-state index in [1.807, 2.05) is 12.1 Å². The van der Waals surface area contributed by atoms with Crippen LogP contribution in [0.3, 0.4) is 0 Å². The van der Waals surface area contributed by atoms with Crippen molar-refractivity contribution in [3.63, 3.8) is 0 Å². The number of hydrogen-bond donors (Lipinski definition) is 1. The zero-order valence-corrected chi connectivity index (χ0v) is 16.8. The van der Waals surface area contributed by atoms with Crippen molar-refractivity contribution in [2.24, 2.45) is 0 Å². The highest BCUT2D eigenvalue weighted by atomic mass is 79.9. The molecule has 0 aliphatic carbocycles. The van der Waals surface area contributed by atoms with Crippen molar-refractivity contribution in [2.45, 2.75) is 6.92 Å². The summed E-state index contributed by atoms with van der Waals surface area (Å²) >= 11 is 3.32. The number of nitro groups is 1. The summed E-state index contributed by atoms with van der Waals surface area (Å²) in [6.07, 6.45) is 1.32. The first-order chi connectivity index (χ1) is 13.9. The molecule has 0 atom stereocenters. The number of nitrogens with one attached hydrogen (secondary N) is 1. The van der Waals surface area contributed by atoms with Crippen LogP contribution in [0.1, 0.15) is 11.3 Å². The minimum absolute atomic E-state index is 0.0119. The Balaban J connectivity index is 1.84. The molecule has 1 heterocycles. The summed E-state index contributed by atoms with van der Waals surface area (Å²) in [6, 6.07) is 16.8. The number of rotatable bonds is 5. The third kappa shape index (κ3) is 4.78. The van der Waals surface area contributed by atoms with E-state index in [1.54, 1.807) is 49.4 Å². The van der Waals surface area contributed by atoms with Gasteiger partial charge in [-0.25, -0.2) is 0 Å². The fourth-order valence-electron chi connectivity index (χ4n) is 2.60. The van der Waals surface area contributed by atoms with Crippen LogP contribution in [-0.2, 0) is 4.79 Å². The Labute approximate surface area is 174 Å². The molecule has 0 radical (unpaired) electrons. The highest BCUT2D eigenvalue weighted by Crippen LogP contribution is 2.29. The standard InChI is InChI=1S/C21H14BrN3O4/c1-13-5-6-14(10-19(13)25(27)28)20-8-7-18(29-20)9-15(12-23)21(26)24-17-4-2-3-16(22)11-17/h2-11H,1H3,(H,24,26)/b15-9-. The maximum Gasteiger partial charge on any atom is 0.273 e. The first-order valence-corrected chi connectivity index (χ1v) is 9.20. The number of aryl methyl sites for hydroxylation is 1. The SMILES string of the molecule is Cc1ccc(-c2ccc(/C=C(/C#N)C(=O)Nc3cccc(Br)c3)o2)cc1[N+](=O)[O-]. The van der Waals surface area contributed by atoms with Crippen LogP contribution in [0.25, 0.3) is 17.4 Å². The Morgan fingerprint density at radius 3 is 2.72 bits per heavy atom. The van der Waals surface area contributed by atoms with Crippen LogP contribution in [0.2, 0.25) is 0 Å². The highest BCUT2D eigenvalue weighted by Gasteiger charge is 2.15. The Morgan fingerprint density at radius 2 is 2.03 bits per heavy atom. The second-order valence-electron chi connectivity index (χ2n) is 6.09. The molecular weight excluding hydrogens is 438 g/mol. The summed E-state index contributed by atoms with van der Waals surface area (Å²) < 4.78 is 6.45. The third-order valence-electron chi connectivity index (χ3n) is 4.05. The number of halogens is 1. The molecular formula is C21H14BrN3O4. The van der Waals surface area contributed by atoms with Crippen molar-refractivity contribution in [1.29, 1.82) is 5.26 Å². The van der Waals surface area contributed by atoms with Gasteiger partial charge in [-0.3, -0.25) is 14.9 Å². The van der Waals surface area contributed by atoms with E-state index in [2.05, 4.69) is 21.2 Å². The van der Waals surface area contributed by atoms with E-state index in [0.29, 0.717) is 22.6 Å². The molecule has 1 amide bonds. The van der Waals surface area contributed by atoms with Gasteiger partial charge in [-0.1, -0.05) is 34.1 Å². The molecule has 0 fully saturated rings. The van der Waals surface area contributed by atoms with Crippen LogP contribution >= 0.6 is 15.9 Å². The Morgan fingerprint density at radius 1 is 1.24 bits per heavy atom. The molecule has 29 heavy (non-hydrogen) atoms. The van der Waals surface area contributed by atoms with Gasteiger partial charge in [-0.15, -0.1) is 0 Å². The van der Waals surface area contributed by atoms with Crippen molar-refractivity contribution in [1.82, 2.24) is 0 Å². The summed E-state index contributed by atoms with van der Waals surface area (Å²) in [5.74, 6) is 0.0998. The van der Waals surface area contributed by atoms with Gasteiger partial charge in [0.05, 0.1) is 4.92 Å². The number of hydrogen-bond acceptors (Lipinski definition) is 5. The van der Waals surface area contributed by atoms with Gasteiger partial charge in [-0.05, 0) is 37.3 Å². The minimum Gasteiger partial charge on any atom is -0.457 e. The van der Waals surface area contributed by atoms with E-state index in [0.717, 1.165) is 4.47 Å². The van der Waals surface area contributed by atoms with Crippen LogP contribution in [0.4, 0.5) is 11.4 Å². The number of nitro benzene ring substituents is 1. The summed E-state index contributed by atoms with van der Waals surface area (Å²) in [6.45, 7) is 1.65. The van der Waals surface area contributed by atoms with Gasteiger partial charge < -0.3 is 9.73 Å². The van der Waals surface area contributed by atoms with Crippen molar-refractivity contribution in [3.8, 4) is 17.4 Å². The molecule has 0 unspecified atom stereocenters.